The summed E-state index contributed by atoms with van der Waals surface area (Å²) in [6, 6.07) is 5.58. The van der Waals surface area contributed by atoms with Crippen LogP contribution in [0.1, 0.15) is 45.4 Å². The zero-order chi connectivity index (χ0) is 22.1. The summed E-state index contributed by atoms with van der Waals surface area (Å²) in [5.74, 6) is -0.676. The van der Waals surface area contributed by atoms with E-state index in [0.717, 1.165) is 25.7 Å². The summed E-state index contributed by atoms with van der Waals surface area (Å²) in [6.45, 7) is 1.77. The van der Waals surface area contributed by atoms with Crippen LogP contribution in [0.4, 0.5) is 4.39 Å². The fourth-order valence-electron chi connectivity index (χ4n) is 3.78. The maximum atomic E-state index is 12.9. The molecule has 6 unspecified atom stereocenters. The third-order valence-corrected chi connectivity index (χ3v) is 7.24. The van der Waals surface area contributed by atoms with Crippen molar-refractivity contribution in [2.75, 3.05) is 12.4 Å². The van der Waals surface area contributed by atoms with E-state index in [0.29, 0.717) is 24.3 Å². The molecular formula is C22H33FO6S. The summed E-state index contributed by atoms with van der Waals surface area (Å²) in [7, 11) is 0. The number of aliphatic hydroxyl groups excluding tert-OH is 3. The second kappa shape index (κ2) is 12.5. The van der Waals surface area contributed by atoms with Crippen LogP contribution in [-0.4, -0.2) is 62.3 Å². The molecule has 6 atom stereocenters. The quantitative estimate of drug-likeness (QED) is 0.346. The highest BCUT2D eigenvalue weighted by atomic mass is 32.2. The van der Waals surface area contributed by atoms with E-state index in [-0.39, 0.29) is 29.5 Å². The Kier molecular flexibility index (Phi) is 10.4. The Morgan fingerprint density at radius 3 is 2.57 bits per heavy atom. The van der Waals surface area contributed by atoms with Gasteiger partial charge in [0.2, 0.25) is 0 Å². The van der Waals surface area contributed by atoms with E-state index in [1.807, 2.05) is 0 Å². The Balaban J connectivity index is 1.71. The van der Waals surface area contributed by atoms with Gasteiger partial charge < -0.3 is 25.2 Å². The van der Waals surface area contributed by atoms with Crippen molar-refractivity contribution in [1.82, 2.24) is 0 Å². The standard InChI is InChI=1S/C22H33FO6S/c1-14(22(27)28)5-3-2-4-6-18-19(25)11-20(26)21(18)30-13-16(24)12-29-17-9-7-15(23)8-10-17/h7-10,14,16,18-21,24-26H,2-6,11-13H2,1H3,(H,27,28). The van der Waals surface area contributed by atoms with Crippen LogP contribution in [0.2, 0.25) is 0 Å². The molecule has 4 N–H and O–H groups in total. The molecule has 170 valence electrons. The maximum Gasteiger partial charge on any atom is 0.306 e. The molecule has 1 fully saturated rings. The Morgan fingerprint density at radius 1 is 1.20 bits per heavy atom. The second-order valence-corrected chi connectivity index (χ2v) is 9.34. The first-order chi connectivity index (χ1) is 14.3. The second-order valence-electron chi connectivity index (χ2n) is 8.13. The number of halogens is 1. The number of thioether (sulfide) groups is 1. The Morgan fingerprint density at radius 2 is 1.90 bits per heavy atom. The Hall–Kier alpha value is -1.35. The fourth-order valence-corrected chi connectivity index (χ4v) is 5.21. The van der Waals surface area contributed by atoms with E-state index in [1.165, 1.54) is 36.0 Å². The van der Waals surface area contributed by atoms with Gasteiger partial charge in [0.15, 0.2) is 0 Å². The van der Waals surface area contributed by atoms with Gasteiger partial charge in [0.25, 0.3) is 0 Å². The number of carboxylic acid groups (broad SMARTS) is 1. The molecule has 6 nitrogen and oxygen atoms in total. The molecule has 1 aliphatic rings. The Labute approximate surface area is 181 Å². The smallest absolute Gasteiger partial charge is 0.306 e. The molecular weight excluding hydrogens is 411 g/mol. The average molecular weight is 445 g/mol. The average Bonchev–Trinajstić information content (AvgIpc) is 2.97. The van der Waals surface area contributed by atoms with Crippen LogP contribution in [0.3, 0.4) is 0 Å². The number of aliphatic hydroxyl groups is 3. The number of aliphatic carboxylic acids is 1. The maximum absolute atomic E-state index is 12.9. The molecule has 0 radical (unpaired) electrons. The normalized spacial score (nSPS) is 25.8. The zero-order valence-corrected chi connectivity index (χ0v) is 18.1. The minimum absolute atomic E-state index is 0.0490. The van der Waals surface area contributed by atoms with Crippen LogP contribution in [0.5, 0.6) is 5.75 Å². The predicted octanol–water partition coefficient (Wildman–Crippen LogP) is 3.08. The first-order valence-corrected chi connectivity index (χ1v) is 11.6. The van der Waals surface area contributed by atoms with Gasteiger partial charge in [-0.3, -0.25) is 4.79 Å². The lowest BCUT2D eigenvalue weighted by Gasteiger charge is -2.24. The number of hydrogen-bond donors (Lipinski definition) is 4. The van der Waals surface area contributed by atoms with Gasteiger partial charge >= 0.3 is 5.97 Å². The highest BCUT2D eigenvalue weighted by Gasteiger charge is 2.41. The van der Waals surface area contributed by atoms with Crippen molar-refractivity contribution in [2.24, 2.45) is 11.8 Å². The number of rotatable bonds is 13. The molecule has 0 saturated heterocycles. The molecule has 8 heteroatoms. The number of benzene rings is 1. The van der Waals surface area contributed by atoms with Gasteiger partial charge in [0.05, 0.1) is 24.2 Å². The van der Waals surface area contributed by atoms with Gasteiger partial charge in [0, 0.05) is 17.4 Å². The first-order valence-electron chi connectivity index (χ1n) is 10.5. The minimum Gasteiger partial charge on any atom is -0.491 e. The van der Waals surface area contributed by atoms with Crippen LogP contribution in [-0.2, 0) is 4.79 Å². The van der Waals surface area contributed by atoms with Gasteiger partial charge in [-0.25, -0.2) is 4.39 Å². The lowest BCUT2D eigenvalue weighted by atomic mass is 9.96. The summed E-state index contributed by atoms with van der Waals surface area (Å²) < 4.78 is 18.4. The van der Waals surface area contributed by atoms with Crippen molar-refractivity contribution < 1.29 is 34.3 Å². The molecule has 1 aromatic rings. The number of ether oxygens (including phenoxy) is 1. The van der Waals surface area contributed by atoms with Gasteiger partial charge in [-0.15, -0.1) is 0 Å². The molecule has 30 heavy (non-hydrogen) atoms. The summed E-state index contributed by atoms with van der Waals surface area (Å²) in [5, 5.41) is 39.6. The molecule has 1 saturated carbocycles. The zero-order valence-electron chi connectivity index (χ0n) is 17.3. The van der Waals surface area contributed by atoms with Crippen molar-refractivity contribution in [1.29, 1.82) is 0 Å². The predicted molar refractivity (Wildman–Crippen MR) is 114 cm³/mol. The van der Waals surface area contributed by atoms with E-state index in [9.17, 15) is 24.5 Å². The van der Waals surface area contributed by atoms with E-state index in [4.69, 9.17) is 9.84 Å². The minimum atomic E-state index is -0.775. The highest BCUT2D eigenvalue weighted by molar-refractivity contribution is 8.00. The molecule has 0 aliphatic heterocycles. The van der Waals surface area contributed by atoms with Gasteiger partial charge in [0.1, 0.15) is 18.2 Å². The van der Waals surface area contributed by atoms with Crippen LogP contribution >= 0.6 is 11.8 Å². The number of hydrogen-bond acceptors (Lipinski definition) is 6. The molecule has 2 rings (SSSR count). The summed E-state index contributed by atoms with van der Waals surface area (Å²) in [5.41, 5.74) is 0. The van der Waals surface area contributed by atoms with Crippen molar-refractivity contribution in [3.05, 3.63) is 30.1 Å². The largest absolute Gasteiger partial charge is 0.491 e. The molecule has 0 amide bonds. The molecule has 0 aromatic heterocycles. The van der Waals surface area contributed by atoms with Gasteiger partial charge in [-0.1, -0.05) is 26.2 Å². The lowest BCUT2D eigenvalue weighted by molar-refractivity contribution is -0.141. The fraction of sp³-hybridized carbons (Fsp3) is 0.682. The van der Waals surface area contributed by atoms with Crippen molar-refractivity contribution in [2.45, 2.75) is 69.0 Å². The molecule has 1 aliphatic carbocycles. The van der Waals surface area contributed by atoms with E-state index in [1.54, 1.807) is 6.92 Å². The van der Waals surface area contributed by atoms with Crippen molar-refractivity contribution >= 4 is 17.7 Å². The summed E-state index contributed by atoms with van der Waals surface area (Å²) in [4.78, 5) is 10.9. The molecule has 1 aromatic carbocycles. The number of carbonyl (C=O) groups is 1. The SMILES string of the molecule is CC(CCCCCC1C(O)CC(O)C1SCC(O)COc1ccc(F)cc1)C(=O)O. The van der Waals surface area contributed by atoms with E-state index >= 15 is 0 Å². The summed E-state index contributed by atoms with van der Waals surface area (Å²) >= 11 is 1.44. The lowest BCUT2D eigenvalue weighted by Crippen LogP contribution is -2.28. The van der Waals surface area contributed by atoms with E-state index in [2.05, 4.69) is 0 Å². The monoisotopic (exact) mass is 444 g/mol. The van der Waals surface area contributed by atoms with Crippen LogP contribution in [0, 0.1) is 17.7 Å². The molecule has 0 bridgehead atoms. The molecule has 0 heterocycles. The Bertz CT molecular complexity index is 643. The topological polar surface area (TPSA) is 107 Å². The van der Waals surface area contributed by atoms with Crippen LogP contribution < -0.4 is 4.74 Å². The van der Waals surface area contributed by atoms with Gasteiger partial charge in [-0.2, -0.15) is 11.8 Å². The van der Waals surface area contributed by atoms with Gasteiger partial charge in [-0.05, 0) is 43.0 Å². The highest BCUT2D eigenvalue weighted by Crippen LogP contribution is 2.39. The van der Waals surface area contributed by atoms with Crippen molar-refractivity contribution in [3.63, 3.8) is 0 Å². The third-order valence-electron chi connectivity index (χ3n) is 5.61. The van der Waals surface area contributed by atoms with Crippen molar-refractivity contribution in [3.8, 4) is 5.75 Å². The van der Waals surface area contributed by atoms with E-state index < -0.39 is 24.3 Å². The van der Waals surface area contributed by atoms with Crippen LogP contribution in [0.15, 0.2) is 24.3 Å². The first kappa shape index (κ1) is 24.9. The molecule has 0 spiro atoms. The third kappa shape index (κ3) is 8.06. The summed E-state index contributed by atoms with van der Waals surface area (Å²) in [6.07, 6.45) is 2.40. The number of unbranched alkanes of at least 4 members (excludes halogenated alkanes) is 2. The number of carboxylic acids is 1. The van der Waals surface area contributed by atoms with Crippen LogP contribution in [0.25, 0.3) is 0 Å².